The van der Waals surface area contributed by atoms with Gasteiger partial charge in [-0.3, -0.25) is 0 Å². The molecule has 6 heteroatoms. The third-order valence-corrected chi connectivity index (χ3v) is 3.34. The van der Waals surface area contributed by atoms with E-state index in [0.29, 0.717) is 28.0 Å². The molecule has 2 aromatic carbocycles. The molecule has 0 fully saturated rings. The van der Waals surface area contributed by atoms with Gasteiger partial charge in [0, 0.05) is 17.0 Å². The Morgan fingerprint density at radius 1 is 1.09 bits per heavy atom. The van der Waals surface area contributed by atoms with Crippen molar-refractivity contribution in [2.45, 2.75) is 13.8 Å². The number of ether oxygens (including phenoxy) is 1. The third-order valence-electron chi connectivity index (χ3n) is 3.05. The van der Waals surface area contributed by atoms with Crippen LogP contribution < -0.4 is 4.74 Å². The number of phenols is 1. The van der Waals surface area contributed by atoms with Crippen LogP contribution in [0, 0.1) is 5.82 Å². The van der Waals surface area contributed by atoms with Crippen LogP contribution in [0.25, 0.3) is 22.3 Å². The van der Waals surface area contributed by atoms with Gasteiger partial charge in [0.2, 0.25) is 0 Å². The fourth-order valence-corrected chi connectivity index (χ4v) is 2.23. The van der Waals surface area contributed by atoms with Crippen molar-refractivity contribution in [3.8, 4) is 22.9 Å². The normalized spacial score (nSPS) is 10.1. The zero-order chi connectivity index (χ0) is 17.0. The second-order valence-corrected chi connectivity index (χ2v) is 4.74. The van der Waals surface area contributed by atoms with Crippen LogP contribution in [0.2, 0.25) is 5.15 Å². The van der Waals surface area contributed by atoms with Crippen LogP contribution in [-0.4, -0.2) is 22.2 Å². The fourth-order valence-electron chi connectivity index (χ4n) is 2.00. The summed E-state index contributed by atoms with van der Waals surface area (Å²) in [6.45, 7) is 4.00. The van der Waals surface area contributed by atoms with Crippen LogP contribution >= 0.6 is 11.6 Å². The summed E-state index contributed by atoms with van der Waals surface area (Å²) in [7, 11) is 1.45. The summed E-state index contributed by atoms with van der Waals surface area (Å²) in [5.74, 6) is 0.275. The number of hydrogen-bond donors (Lipinski definition) is 1. The average Bonchev–Trinajstić information content (AvgIpc) is 2.56. The molecule has 0 amide bonds. The number of hydrogen-bond acceptors (Lipinski definition) is 4. The highest BCUT2D eigenvalue weighted by Crippen LogP contribution is 2.34. The zero-order valence-electron chi connectivity index (χ0n) is 13.0. The maximum Gasteiger partial charge on any atom is 0.161 e. The molecule has 0 saturated heterocycles. The van der Waals surface area contributed by atoms with Crippen LogP contribution in [0.3, 0.4) is 0 Å². The van der Waals surface area contributed by atoms with Crippen molar-refractivity contribution in [2.24, 2.45) is 0 Å². The number of halogens is 2. The third kappa shape index (κ3) is 3.51. The minimum Gasteiger partial charge on any atom is -0.504 e. The molecule has 0 saturated carbocycles. The molecule has 0 atom stereocenters. The van der Waals surface area contributed by atoms with Crippen molar-refractivity contribution in [3.05, 3.63) is 47.4 Å². The first kappa shape index (κ1) is 17.0. The molecule has 0 spiro atoms. The number of aromatic nitrogens is 2. The Bertz CT molecular complexity index is 823. The standard InChI is InChI=1S/C15H10ClFN2O2.C2H6/c1-21-13-6-10-11(7-12(13)20)18-15(19-14(10)16)8-2-4-9(17)5-3-8;1-2/h2-7,20H,1H3;1-2H3. The van der Waals surface area contributed by atoms with Crippen molar-refractivity contribution >= 4 is 22.5 Å². The summed E-state index contributed by atoms with van der Waals surface area (Å²) in [6.07, 6.45) is 0. The largest absolute Gasteiger partial charge is 0.504 e. The van der Waals surface area contributed by atoms with Gasteiger partial charge in [0.1, 0.15) is 11.0 Å². The molecule has 3 rings (SSSR count). The lowest BCUT2D eigenvalue weighted by molar-refractivity contribution is 0.374. The molecule has 1 aromatic heterocycles. The van der Waals surface area contributed by atoms with Crippen molar-refractivity contribution in [1.82, 2.24) is 9.97 Å². The molecule has 23 heavy (non-hydrogen) atoms. The van der Waals surface area contributed by atoms with E-state index in [1.807, 2.05) is 13.8 Å². The SMILES string of the molecule is CC.COc1cc2c(Cl)nc(-c3ccc(F)cc3)nc2cc1O. The highest BCUT2D eigenvalue weighted by atomic mass is 35.5. The number of nitrogens with zero attached hydrogens (tertiary/aromatic N) is 2. The topological polar surface area (TPSA) is 55.2 Å². The molecule has 1 heterocycles. The van der Waals surface area contributed by atoms with Crippen LogP contribution in [0.5, 0.6) is 11.5 Å². The lowest BCUT2D eigenvalue weighted by Crippen LogP contribution is -1.93. The Balaban J connectivity index is 0.000000924. The minimum absolute atomic E-state index is 0.0372. The van der Waals surface area contributed by atoms with Gasteiger partial charge in [-0.1, -0.05) is 25.4 Å². The first-order valence-electron chi connectivity index (χ1n) is 7.08. The Kier molecular flexibility index (Phi) is 5.34. The molecule has 0 bridgehead atoms. The molecule has 120 valence electrons. The highest BCUT2D eigenvalue weighted by molar-refractivity contribution is 6.34. The molecule has 0 unspecified atom stereocenters. The van der Waals surface area contributed by atoms with Gasteiger partial charge >= 0.3 is 0 Å². The average molecular weight is 335 g/mol. The summed E-state index contributed by atoms with van der Waals surface area (Å²) in [4.78, 5) is 8.54. The second kappa shape index (κ2) is 7.24. The number of methoxy groups -OCH3 is 1. The first-order valence-corrected chi connectivity index (χ1v) is 7.46. The van der Waals surface area contributed by atoms with Gasteiger partial charge in [-0.25, -0.2) is 14.4 Å². The van der Waals surface area contributed by atoms with Crippen LogP contribution in [0.15, 0.2) is 36.4 Å². The molecule has 0 aliphatic carbocycles. The Labute approximate surface area is 138 Å². The molecule has 1 N–H and O–H groups in total. The van der Waals surface area contributed by atoms with E-state index in [4.69, 9.17) is 16.3 Å². The van der Waals surface area contributed by atoms with Gasteiger partial charge in [0.25, 0.3) is 0 Å². The van der Waals surface area contributed by atoms with E-state index in [9.17, 15) is 9.50 Å². The molecular formula is C17H16ClFN2O2. The molecular weight excluding hydrogens is 319 g/mol. The van der Waals surface area contributed by atoms with Gasteiger partial charge in [-0.15, -0.1) is 0 Å². The lowest BCUT2D eigenvalue weighted by Gasteiger charge is -2.08. The van der Waals surface area contributed by atoms with E-state index < -0.39 is 0 Å². The van der Waals surface area contributed by atoms with Crippen molar-refractivity contribution in [2.75, 3.05) is 7.11 Å². The molecule has 0 radical (unpaired) electrons. The molecule has 0 aliphatic rings. The number of rotatable bonds is 2. The Hall–Kier alpha value is -2.40. The summed E-state index contributed by atoms with van der Waals surface area (Å²) in [6, 6.07) is 8.80. The lowest BCUT2D eigenvalue weighted by atomic mass is 10.2. The van der Waals surface area contributed by atoms with E-state index in [-0.39, 0.29) is 16.7 Å². The molecule has 3 aromatic rings. The zero-order valence-corrected chi connectivity index (χ0v) is 13.7. The Morgan fingerprint density at radius 2 is 1.74 bits per heavy atom. The van der Waals surface area contributed by atoms with Crippen LogP contribution in [0.1, 0.15) is 13.8 Å². The molecule has 4 nitrogen and oxygen atoms in total. The maximum atomic E-state index is 13.0. The van der Waals surface area contributed by atoms with E-state index in [2.05, 4.69) is 9.97 Å². The smallest absolute Gasteiger partial charge is 0.161 e. The van der Waals surface area contributed by atoms with Crippen molar-refractivity contribution < 1.29 is 14.2 Å². The maximum absolute atomic E-state index is 13.0. The fraction of sp³-hybridized carbons (Fsp3) is 0.176. The highest BCUT2D eigenvalue weighted by Gasteiger charge is 2.12. The van der Waals surface area contributed by atoms with Gasteiger partial charge < -0.3 is 9.84 Å². The van der Waals surface area contributed by atoms with Gasteiger partial charge in [0.05, 0.1) is 12.6 Å². The Morgan fingerprint density at radius 3 is 2.35 bits per heavy atom. The summed E-state index contributed by atoms with van der Waals surface area (Å²) in [5, 5.41) is 10.6. The quantitative estimate of drug-likeness (QED) is 0.682. The van der Waals surface area contributed by atoms with Crippen LogP contribution in [0.4, 0.5) is 4.39 Å². The predicted molar refractivity (Wildman–Crippen MR) is 89.5 cm³/mol. The summed E-state index contributed by atoms with van der Waals surface area (Å²) >= 11 is 6.16. The summed E-state index contributed by atoms with van der Waals surface area (Å²) < 4.78 is 18.0. The van der Waals surface area contributed by atoms with E-state index in [1.54, 1.807) is 18.2 Å². The number of aromatic hydroxyl groups is 1. The number of phenolic OH excluding ortho intramolecular Hbond substituents is 1. The van der Waals surface area contributed by atoms with E-state index >= 15 is 0 Å². The van der Waals surface area contributed by atoms with E-state index in [1.165, 1.54) is 25.3 Å². The minimum atomic E-state index is -0.340. The van der Waals surface area contributed by atoms with Crippen LogP contribution in [-0.2, 0) is 0 Å². The molecule has 0 aliphatic heterocycles. The van der Waals surface area contributed by atoms with Gasteiger partial charge in [-0.05, 0) is 30.3 Å². The predicted octanol–water partition coefficient (Wildman–Crippen LogP) is 4.83. The van der Waals surface area contributed by atoms with Crippen molar-refractivity contribution in [1.29, 1.82) is 0 Å². The second-order valence-electron chi connectivity index (χ2n) is 4.39. The number of fused-ring (bicyclic) bond motifs is 1. The number of benzene rings is 2. The van der Waals surface area contributed by atoms with Gasteiger partial charge in [-0.2, -0.15) is 0 Å². The van der Waals surface area contributed by atoms with Gasteiger partial charge in [0.15, 0.2) is 17.3 Å². The first-order chi connectivity index (χ1) is 11.1. The van der Waals surface area contributed by atoms with Crippen molar-refractivity contribution in [3.63, 3.8) is 0 Å². The monoisotopic (exact) mass is 334 g/mol. The summed E-state index contributed by atoms with van der Waals surface area (Å²) in [5.41, 5.74) is 1.11. The van der Waals surface area contributed by atoms with E-state index in [0.717, 1.165) is 0 Å².